The lowest BCUT2D eigenvalue weighted by atomic mass is 10.4. The predicted molar refractivity (Wildman–Crippen MR) is 47.0 cm³/mol. The first-order chi connectivity index (χ1) is 5.74. The minimum atomic E-state index is -0.309. The molecule has 1 aromatic heterocycles. The van der Waals surface area contributed by atoms with Crippen LogP contribution in [0.15, 0.2) is 18.7 Å². The predicted octanol–water partition coefficient (Wildman–Crippen LogP) is 0.820. The second kappa shape index (κ2) is 4.25. The van der Waals surface area contributed by atoms with Crippen LogP contribution in [0.2, 0.25) is 0 Å². The summed E-state index contributed by atoms with van der Waals surface area (Å²) in [5, 5.41) is 0. The molecule has 1 rings (SSSR count). The average Bonchev–Trinajstić information content (AvgIpc) is 2.55. The van der Waals surface area contributed by atoms with E-state index in [1.54, 1.807) is 23.3 Å². The Labute approximate surface area is 78.7 Å². The molecular formula is C7H9BrN2O2. The molecule has 0 aliphatic rings. The summed E-state index contributed by atoms with van der Waals surface area (Å²) in [6, 6.07) is 0. The van der Waals surface area contributed by atoms with Crippen molar-refractivity contribution >= 4 is 21.9 Å². The fraction of sp³-hybridized carbons (Fsp3) is 0.429. The molecule has 0 aromatic carbocycles. The first-order valence-corrected chi connectivity index (χ1v) is 4.33. The van der Waals surface area contributed by atoms with Gasteiger partial charge in [0.2, 0.25) is 0 Å². The van der Waals surface area contributed by atoms with E-state index in [1.807, 2.05) is 0 Å². The van der Waals surface area contributed by atoms with Gasteiger partial charge in [-0.1, -0.05) is 15.9 Å². The Kier molecular flexibility index (Phi) is 3.28. The van der Waals surface area contributed by atoms with Gasteiger partial charge in [0.05, 0.1) is 13.4 Å². The van der Waals surface area contributed by atoms with E-state index in [1.165, 1.54) is 7.11 Å². The Morgan fingerprint density at radius 3 is 3.08 bits per heavy atom. The number of hydrogen-bond donors (Lipinski definition) is 0. The third-order valence-electron chi connectivity index (χ3n) is 1.39. The lowest BCUT2D eigenvalue weighted by Gasteiger charge is -2.07. The summed E-state index contributed by atoms with van der Waals surface area (Å²) in [4.78, 5) is 14.5. The average molecular weight is 233 g/mol. The molecule has 0 spiro atoms. The largest absolute Gasteiger partial charge is 0.468 e. The molecule has 0 amide bonds. The lowest BCUT2D eigenvalue weighted by Crippen LogP contribution is -2.20. The second-order valence-corrected chi connectivity index (χ2v) is 3.36. The lowest BCUT2D eigenvalue weighted by molar-refractivity contribution is -0.140. The molecule has 1 aromatic rings. The number of hydrogen-bond acceptors (Lipinski definition) is 3. The van der Waals surface area contributed by atoms with Gasteiger partial charge in [-0.15, -0.1) is 0 Å². The van der Waals surface area contributed by atoms with Crippen LogP contribution in [-0.4, -0.2) is 27.5 Å². The van der Waals surface area contributed by atoms with Crippen molar-refractivity contribution in [3.05, 3.63) is 18.7 Å². The number of alkyl halides is 1. The van der Waals surface area contributed by atoms with Crippen LogP contribution < -0.4 is 0 Å². The van der Waals surface area contributed by atoms with Gasteiger partial charge in [-0.3, -0.25) is 4.79 Å². The van der Waals surface area contributed by atoms with Gasteiger partial charge in [-0.2, -0.15) is 0 Å². The summed E-state index contributed by atoms with van der Waals surface area (Å²) in [5.41, 5.74) is 0. The molecular weight excluding hydrogens is 224 g/mol. The van der Waals surface area contributed by atoms with Gasteiger partial charge in [0.25, 0.3) is 0 Å². The van der Waals surface area contributed by atoms with Crippen molar-refractivity contribution in [3.8, 4) is 0 Å². The molecule has 12 heavy (non-hydrogen) atoms. The molecule has 0 N–H and O–H groups in total. The molecule has 0 fully saturated rings. The highest BCUT2D eigenvalue weighted by molar-refractivity contribution is 9.10. The van der Waals surface area contributed by atoms with E-state index >= 15 is 0 Å². The van der Waals surface area contributed by atoms with Crippen LogP contribution in [0.25, 0.3) is 0 Å². The number of methoxy groups -OCH3 is 1. The van der Waals surface area contributed by atoms with Crippen LogP contribution in [0.3, 0.4) is 0 Å². The van der Waals surface area contributed by atoms with E-state index < -0.39 is 0 Å². The van der Waals surface area contributed by atoms with Crippen LogP contribution in [0.4, 0.5) is 0 Å². The highest BCUT2D eigenvalue weighted by atomic mass is 79.9. The Morgan fingerprint density at radius 2 is 2.58 bits per heavy atom. The zero-order chi connectivity index (χ0) is 8.97. The Morgan fingerprint density at radius 1 is 1.83 bits per heavy atom. The fourth-order valence-corrected chi connectivity index (χ4v) is 1.30. The molecule has 0 aliphatic carbocycles. The SMILES string of the molecule is COC(=O)C(Br)Cn1ccnc1. The van der Waals surface area contributed by atoms with Gasteiger partial charge < -0.3 is 9.30 Å². The number of esters is 1. The number of imidazole rings is 1. The molecule has 66 valence electrons. The molecule has 0 saturated carbocycles. The minimum Gasteiger partial charge on any atom is -0.468 e. The standard InChI is InChI=1S/C7H9BrN2O2/c1-12-7(11)6(8)4-10-3-2-9-5-10/h2-3,5-6H,4H2,1H3. The fourth-order valence-electron chi connectivity index (χ4n) is 0.782. The first kappa shape index (κ1) is 9.25. The molecule has 5 heteroatoms. The van der Waals surface area contributed by atoms with Crippen molar-refractivity contribution in [2.24, 2.45) is 0 Å². The van der Waals surface area contributed by atoms with Gasteiger partial charge in [0, 0.05) is 18.9 Å². The number of ether oxygens (including phenoxy) is 1. The quantitative estimate of drug-likeness (QED) is 0.573. The zero-order valence-electron chi connectivity index (χ0n) is 6.61. The number of rotatable bonds is 3. The van der Waals surface area contributed by atoms with Crippen LogP contribution in [0.1, 0.15) is 0 Å². The van der Waals surface area contributed by atoms with E-state index in [9.17, 15) is 4.79 Å². The molecule has 1 unspecified atom stereocenters. The third kappa shape index (κ3) is 2.34. The number of aromatic nitrogens is 2. The molecule has 0 bridgehead atoms. The summed E-state index contributed by atoms with van der Waals surface area (Å²) in [6.07, 6.45) is 5.10. The van der Waals surface area contributed by atoms with Crippen molar-refractivity contribution in [1.29, 1.82) is 0 Å². The van der Waals surface area contributed by atoms with Gasteiger partial charge >= 0.3 is 5.97 Å². The van der Waals surface area contributed by atoms with Crippen molar-refractivity contribution in [1.82, 2.24) is 9.55 Å². The van der Waals surface area contributed by atoms with Crippen molar-refractivity contribution in [2.75, 3.05) is 7.11 Å². The molecule has 0 saturated heterocycles. The number of nitrogens with zero attached hydrogens (tertiary/aromatic N) is 2. The van der Waals surface area contributed by atoms with E-state index in [2.05, 4.69) is 25.7 Å². The van der Waals surface area contributed by atoms with E-state index in [0.717, 1.165) is 0 Å². The van der Waals surface area contributed by atoms with Crippen molar-refractivity contribution in [2.45, 2.75) is 11.4 Å². The number of carbonyl (C=O) groups excluding carboxylic acids is 1. The highest BCUT2D eigenvalue weighted by Crippen LogP contribution is 2.04. The normalized spacial score (nSPS) is 12.5. The molecule has 4 nitrogen and oxygen atoms in total. The van der Waals surface area contributed by atoms with Gasteiger partial charge in [-0.05, 0) is 0 Å². The second-order valence-electron chi connectivity index (χ2n) is 2.25. The number of carbonyl (C=O) groups is 1. The number of halogens is 1. The Balaban J connectivity index is 2.47. The zero-order valence-corrected chi connectivity index (χ0v) is 8.19. The first-order valence-electron chi connectivity index (χ1n) is 3.41. The smallest absolute Gasteiger partial charge is 0.321 e. The van der Waals surface area contributed by atoms with Crippen molar-refractivity contribution in [3.63, 3.8) is 0 Å². The minimum absolute atomic E-state index is 0.274. The Hall–Kier alpha value is -0.840. The van der Waals surface area contributed by atoms with Gasteiger partial charge in [0.1, 0.15) is 4.83 Å². The Bertz CT molecular complexity index is 248. The van der Waals surface area contributed by atoms with Gasteiger partial charge in [0.15, 0.2) is 0 Å². The summed E-state index contributed by atoms with van der Waals surface area (Å²) in [5.74, 6) is -0.274. The van der Waals surface area contributed by atoms with Crippen LogP contribution in [0.5, 0.6) is 0 Å². The van der Waals surface area contributed by atoms with Gasteiger partial charge in [-0.25, -0.2) is 4.98 Å². The van der Waals surface area contributed by atoms with Crippen LogP contribution in [0, 0.1) is 0 Å². The molecule has 1 atom stereocenters. The van der Waals surface area contributed by atoms with E-state index in [-0.39, 0.29) is 10.8 Å². The summed E-state index contributed by atoms with van der Waals surface area (Å²) in [6.45, 7) is 0.534. The molecule has 1 heterocycles. The third-order valence-corrected chi connectivity index (χ3v) is 2.05. The molecule has 0 aliphatic heterocycles. The van der Waals surface area contributed by atoms with E-state index in [0.29, 0.717) is 6.54 Å². The summed E-state index contributed by atoms with van der Waals surface area (Å²) in [7, 11) is 1.37. The van der Waals surface area contributed by atoms with Crippen molar-refractivity contribution < 1.29 is 9.53 Å². The monoisotopic (exact) mass is 232 g/mol. The van der Waals surface area contributed by atoms with Crippen LogP contribution >= 0.6 is 15.9 Å². The van der Waals surface area contributed by atoms with E-state index in [4.69, 9.17) is 0 Å². The highest BCUT2D eigenvalue weighted by Gasteiger charge is 2.14. The maximum Gasteiger partial charge on any atom is 0.321 e. The molecule has 0 radical (unpaired) electrons. The maximum atomic E-state index is 10.9. The maximum absolute atomic E-state index is 10.9. The summed E-state index contributed by atoms with van der Waals surface area (Å²) < 4.78 is 6.34. The van der Waals surface area contributed by atoms with Crippen LogP contribution in [-0.2, 0) is 16.1 Å². The topological polar surface area (TPSA) is 44.1 Å². The summed E-state index contributed by atoms with van der Waals surface area (Å²) >= 11 is 3.20.